The van der Waals surface area contributed by atoms with E-state index in [1.165, 1.54) is 7.11 Å². The standard InChI is InChI=1S/C14H28N2O3/c1-5-6-7-12(15)14(18)16(10-11(2)3)9-8-13(17)19-4/h11-12H,5-10,15H2,1-4H3/t12-/m0/s1. The number of amides is 1. The quantitative estimate of drug-likeness (QED) is 0.646. The molecule has 1 amide bonds. The normalized spacial score (nSPS) is 12.3. The molecular formula is C14H28N2O3. The molecule has 112 valence electrons. The maximum atomic E-state index is 12.2. The van der Waals surface area contributed by atoms with Gasteiger partial charge in [0.1, 0.15) is 0 Å². The third-order valence-electron chi connectivity index (χ3n) is 2.90. The van der Waals surface area contributed by atoms with E-state index in [9.17, 15) is 9.59 Å². The van der Waals surface area contributed by atoms with Crippen molar-refractivity contribution in [3.05, 3.63) is 0 Å². The zero-order chi connectivity index (χ0) is 14.8. The summed E-state index contributed by atoms with van der Waals surface area (Å²) in [7, 11) is 1.35. The molecule has 0 aromatic rings. The maximum Gasteiger partial charge on any atom is 0.307 e. The first kappa shape index (κ1) is 17.9. The Morgan fingerprint density at radius 3 is 2.42 bits per heavy atom. The lowest BCUT2D eigenvalue weighted by molar-refractivity contribution is -0.142. The summed E-state index contributed by atoms with van der Waals surface area (Å²) in [6, 6.07) is -0.462. The number of esters is 1. The van der Waals surface area contributed by atoms with Gasteiger partial charge in [0, 0.05) is 13.1 Å². The van der Waals surface area contributed by atoms with Gasteiger partial charge in [0.25, 0.3) is 0 Å². The Kier molecular flexibility index (Phi) is 9.21. The van der Waals surface area contributed by atoms with Gasteiger partial charge in [-0.05, 0) is 12.3 Å². The Morgan fingerprint density at radius 2 is 1.95 bits per heavy atom. The van der Waals surface area contributed by atoms with Crippen LogP contribution in [0.3, 0.4) is 0 Å². The number of nitrogens with two attached hydrogens (primary N) is 1. The summed E-state index contributed by atoms with van der Waals surface area (Å²) in [5.74, 6) is -0.0188. The average molecular weight is 272 g/mol. The summed E-state index contributed by atoms with van der Waals surface area (Å²) in [6.45, 7) is 7.14. The van der Waals surface area contributed by atoms with Crippen LogP contribution in [0.25, 0.3) is 0 Å². The van der Waals surface area contributed by atoms with Crippen molar-refractivity contribution in [1.29, 1.82) is 0 Å². The molecule has 19 heavy (non-hydrogen) atoms. The van der Waals surface area contributed by atoms with E-state index in [4.69, 9.17) is 5.73 Å². The van der Waals surface area contributed by atoms with E-state index >= 15 is 0 Å². The highest BCUT2D eigenvalue weighted by molar-refractivity contribution is 5.82. The van der Waals surface area contributed by atoms with Gasteiger partial charge in [0.2, 0.25) is 5.91 Å². The van der Waals surface area contributed by atoms with Gasteiger partial charge in [-0.3, -0.25) is 9.59 Å². The zero-order valence-corrected chi connectivity index (χ0v) is 12.6. The van der Waals surface area contributed by atoms with Gasteiger partial charge in [-0.2, -0.15) is 0 Å². The Balaban J connectivity index is 4.45. The summed E-state index contributed by atoms with van der Waals surface area (Å²) in [5, 5.41) is 0. The predicted molar refractivity (Wildman–Crippen MR) is 75.6 cm³/mol. The first-order valence-corrected chi connectivity index (χ1v) is 7.03. The second-order valence-corrected chi connectivity index (χ2v) is 5.25. The summed E-state index contributed by atoms with van der Waals surface area (Å²) in [6.07, 6.45) is 2.88. The van der Waals surface area contributed by atoms with Gasteiger partial charge in [-0.15, -0.1) is 0 Å². The Labute approximate surface area is 116 Å². The number of nitrogens with zero attached hydrogens (tertiary/aromatic N) is 1. The number of carbonyl (C=O) groups excluding carboxylic acids is 2. The maximum absolute atomic E-state index is 12.2. The fraction of sp³-hybridized carbons (Fsp3) is 0.857. The molecule has 0 saturated carbocycles. The van der Waals surface area contributed by atoms with Crippen molar-refractivity contribution in [2.45, 2.75) is 52.5 Å². The Morgan fingerprint density at radius 1 is 1.32 bits per heavy atom. The average Bonchev–Trinajstić information content (AvgIpc) is 2.38. The smallest absolute Gasteiger partial charge is 0.307 e. The van der Waals surface area contributed by atoms with Crippen molar-refractivity contribution in [2.24, 2.45) is 11.7 Å². The highest BCUT2D eigenvalue weighted by Gasteiger charge is 2.21. The molecule has 0 radical (unpaired) electrons. The fourth-order valence-electron chi connectivity index (χ4n) is 1.84. The minimum atomic E-state index is -0.462. The summed E-state index contributed by atoms with van der Waals surface area (Å²) < 4.78 is 4.60. The number of unbranched alkanes of at least 4 members (excludes halogenated alkanes) is 1. The van der Waals surface area contributed by atoms with E-state index in [2.05, 4.69) is 11.7 Å². The van der Waals surface area contributed by atoms with Crippen molar-refractivity contribution in [3.8, 4) is 0 Å². The van der Waals surface area contributed by atoms with Crippen molar-refractivity contribution >= 4 is 11.9 Å². The lowest BCUT2D eigenvalue weighted by Gasteiger charge is -2.27. The lowest BCUT2D eigenvalue weighted by Crippen LogP contribution is -2.46. The molecule has 0 fully saturated rings. The molecule has 0 unspecified atom stereocenters. The third kappa shape index (κ3) is 7.82. The predicted octanol–water partition coefficient (Wildman–Crippen LogP) is 1.55. The van der Waals surface area contributed by atoms with Gasteiger partial charge in [-0.25, -0.2) is 0 Å². The van der Waals surface area contributed by atoms with Crippen LogP contribution in [-0.2, 0) is 14.3 Å². The molecule has 0 aliphatic heterocycles. The topological polar surface area (TPSA) is 72.6 Å². The molecule has 0 heterocycles. The number of hydrogen-bond donors (Lipinski definition) is 1. The first-order valence-electron chi connectivity index (χ1n) is 7.03. The van der Waals surface area contributed by atoms with E-state index < -0.39 is 6.04 Å². The third-order valence-corrected chi connectivity index (χ3v) is 2.90. The number of hydrogen-bond acceptors (Lipinski definition) is 4. The van der Waals surface area contributed by atoms with Crippen molar-refractivity contribution in [2.75, 3.05) is 20.2 Å². The summed E-state index contributed by atoms with van der Waals surface area (Å²) in [4.78, 5) is 25.1. The number of carbonyl (C=O) groups is 2. The molecule has 0 aliphatic carbocycles. The minimum absolute atomic E-state index is 0.0638. The number of methoxy groups -OCH3 is 1. The summed E-state index contributed by atoms with van der Waals surface area (Å²) in [5.41, 5.74) is 5.91. The Hall–Kier alpha value is -1.10. The van der Waals surface area contributed by atoms with E-state index in [1.54, 1.807) is 4.90 Å². The van der Waals surface area contributed by atoms with Gasteiger partial charge < -0.3 is 15.4 Å². The van der Waals surface area contributed by atoms with E-state index in [0.29, 0.717) is 25.4 Å². The van der Waals surface area contributed by atoms with Crippen LogP contribution in [0, 0.1) is 5.92 Å². The van der Waals surface area contributed by atoms with Gasteiger partial charge >= 0.3 is 5.97 Å². The molecule has 0 aromatic carbocycles. The van der Waals surface area contributed by atoms with E-state index in [-0.39, 0.29) is 18.3 Å². The molecular weight excluding hydrogens is 244 g/mol. The molecule has 2 N–H and O–H groups in total. The zero-order valence-electron chi connectivity index (χ0n) is 12.6. The van der Waals surface area contributed by atoms with Crippen molar-refractivity contribution < 1.29 is 14.3 Å². The molecule has 5 heteroatoms. The van der Waals surface area contributed by atoms with Crippen LogP contribution in [0.1, 0.15) is 46.5 Å². The highest BCUT2D eigenvalue weighted by Crippen LogP contribution is 2.07. The van der Waals surface area contributed by atoms with Crippen LogP contribution in [0.5, 0.6) is 0 Å². The first-order chi connectivity index (χ1) is 8.92. The van der Waals surface area contributed by atoms with Gasteiger partial charge in [-0.1, -0.05) is 33.6 Å². The summed E-state index contributed by atoms with van der Waals surface area (Å²) >= 11 is 0. The molecule has 0 saturated heterocycles. The van der Waals surface area contributed by atoms with E-state index in [0.717, 1.165) is 12.8 Å². The second kappa shape index (κ2) is 9.78. The Bertz CT molecular complexity index is 280. The fourth-order valence-corrected chi connectivity index (χ4v) is 1.84. The molecule has 0 aliphatic rings. The largest absolute Gasteiger partial charge is 0.469 e. The molecule has 0 aromatic heterocycles. The SMILES string of the molecule is CCCC[C@H](N)C(=O)N(CCC(=O)OC)CC(C)C. The number of ether oxygens (including phenoxy) is 1. The molecule has 5 nitrogen and oxygen atoms in total. The lowest BCUT2D eigenvalue weighted by atomic mass is 10.1. The minimum Gasteiger partial charge on any atom is -0.469 e. The molecule has 0 spiro atoms. The van der Waals surface area contributed by atoms with Crippen LogP contribution in [0.15, 0.2) is 0 Å². The van der Waals surface area contributed by atoms with Crippen LogP contribution in [0.4, 0.5) is 0 Å². The van der Waals surface area contributed by atoms with Crippen LogP contribution >= 0.6 is 0 Å². The highest BCUT2D eigenvalue weighted by atomic mass is 16.5. The van der Waals surface area contributed by atoms with Crippen molar-refractivity contribution in [3.63, 3.8) is 0 Å². The molecule has 1 atom stereocenters. The van der Waals surface area contributed by atoms with E-state index in [1.807, 2.05) is 13.8 Å². The van der Waals surface area contributed by atoms with Crippen LogP contribution < -0.4 is 5.73 Å². The van der Waals surface area contributed by atoms with Crippen LogP contribution in [0.2, 0.25) is 0 Å². The van der Waals surface area contributed by atoms with Crippen molar-refractivity contribution in [1.82, 2.24) is 4.90 Å². The van der Waals surface area contributed by atoms with Gasteiger partial charge in [0.05, 0.1) is 19.6 Å². The molecule has 0 rings (SSSR count). The monoisotopic (exact) mass is 272 g/mol. The molecule has 0 bridgehead atoms. The van der Waals surface area contributed by atoms with Crippen LogP contribution in [-0.4, -0.2) is 43.0 Å². The number of rotatable bonds is 9. The second-order valence-electron chi connectivity index (χ2n) is 5.25. The van der Waals surface area contributed by atoms with Gasteiger partial charge in [0.15, 0.2) is 0 Å².